The van der Waals surface area contributed by atoms with Crippen LogP contribution in [0.25, 0.3) is 10.9 Å². The first-order valence-corrected chi connectivity index (χ1v) is 14.4. The molecule has 0 saturated heterocycles. The fourth-order valence-electron chi connectivity index (χ4n) is 4.92. The Bertz CT molecular complexity index is 1060. The number of nitrogens with one attached hydrogen (secondary N) is 1. The summed E-state index contributed by atoms with van der Waals surface area (Å²) in [6, 6.07) is 8.11. The number of carbonyl (C=O) groups excluding carboxylic acids is 1. The molecule has 1 heterocycles. The number of hydrogen-bond donors (Lipinski definition) is 1. The second-order valence-electron chi connectivity index (χ2n) is 11.7. The fraction of sp³-hybridized carbons (Fsp3) is 0.656. The number of aromatic nitrogens is 1. The highest BCUT2D eigenvalue weighted by Gasteiger charge is 2.24. The lowest BCUT2D eigenvalue weighted by Crippen LogP contribution is -2.29. The van der Waals surface area contributed by atoms with E-state index < -0.39 is 5.60 Å². The monoisotopic (exact) mass is 525 g/mol. The zero-order valence-corrected chi connectivity index (χ0v) is 25.2. The maximum Gasteiger partial charge on any atom is 0.306 e. The first-order valence-electron chi connectivity index (χ1n) is 14.4. The number of carbonyl (C=O) groups is 1. The van der Waals surface area contributed by atoms with Gasteiger partial charge in [-0.3, -0.25) is 9.79 Å². The summed E-state index contributed by atoms with van der Waals surface area (Å²) in [6.45, 7) is 16.0. The number of para-hydroxylation sites is 1. The number of ether oxygens (including phenoxy) is 2. The molecule has 1 aromatic carbocycles. The molecule has 38 heavy (non-hydrogen) atoms. The second kappa shape index (κ2) is 15.2. The number of aryl methyl sites for hydroxylation is 1. The van der Waals surface area contributed by atoms with Gasteiger partial charge in [-0.05, 0) is 76.8 Å². The molecule has 0 bridgehead atoms. The lowest BCUT2D eigenvalue weighted by molar-refractivity contribution is -0.157. The average Bonchev–Trinajstić information content (AvgIpc) is 2.86. The van der Waals surface area contributed by atoms with Gasteiger partial charge in [0.2, 0.25) is 0 Å². The van der Waals surface area contributed by atoms with E-state index in [9.17, 15) is 4.79 Å². The Hall–Kier alpha value is -2.47. The largest absolute Gasteiger partial charge is 0.460 e. The molecule has 212 valence electrons. The van der Waals surface area contributed by atoms with Crippen LogP contribution in [0.2, 0.25) is 0 Å². The Morgan fingerprint density at radius 2 is 1.74 bits per heavy atom. The van der Waals surface area contributed by atoms with Crippen LogP contribution in [0.1, 0.15) is 105 Å². The van der Waals surface area contributed by atoms with Gasteiger partial charge in [-0.2, -0.15) is 0 Å². The van der Waals surface area contributed by atoms with Gasteiger partial charge in [0.25, 0.3) is 0 Å². The van der Waals surface area contributed by atoms with Gasteiger partial charge in [-0.15, -0.1) is 0 Å². The number of hydrogen-bond acceptors (Lipinski definition) is 6. The van der Waals surface area contributed by atoms with E-state index in [4.69, 9.17) is 19.5 Å². The number of fused-ring (bicyclic) bond motifs is 1. The quantitative estimate of drug-likeness (QED) is 0.127. The molecule has 0 fully saturated rings. The van der Waals surface area contributed by atoms with Crippen molar-refractivity contribution < 1.29 is 14.3 Å². The Morgan fingerprint density at radius 1 is 1.00 bits per heavy atom. The summed E-state index contributed by atoms with van der Waals surface area (Å²) in [5.41, 5.74) is 3.60. The second-order valence-corrected chi connectivity index (χ2v) is 11.7. The van der Waals surface area contributed by atoms with Crippen molar-refractivity contribution in [2.24, 2.45) is 10.4 Å². The van der Waals surface area contributed by atoms with Crippen LogP contribution >= 0.6 is 0 Å². The van der Waals surface area contributed by atoms with Gasteiger partial charge in [0.15, 0.2) is 5.82 Å². The molecule has 2 aromatic rings. The summed E-state index contributed by atoms with van der Waals surface area (Å²) >= 11 is 0. The molecule has 0 aliphatic carbocycles. The zero-order chi connectivity index (χ0) is 28.2. The molecular weight excluding hydrogens is 474 g/mol. The molecule has 6 heteroatoms. The number of nitrogens with zero attached hydrogens (tertiary/aromatic N) is 2. The average molecular weight is 526 g/mol. The maximum absolute atomic E-state index is 12.6. The van der Waals surface area contributed by atoms with E-state index in [2.05, 4.69) is 39.1 Å². The summed E-state index contributed by atoms with van der Waals surface area (Å²) in [5, 5.41) is 4.29. The molecule has 1 aromatic heterocycles. The van der Waals surface area contributed by atoms with Crippen LogP contribution in [0.3, 0.4) is 0 Å². The van der Waals surface area contributed by atoms with Crippen molar-refractivity contribution >= 4 is 34.1 Å². The van der Waals surface area contributed by atoms with Gasteiger partial charge in [-0.1, -0.05) is 58.2 Å². The van der Waals surface area contributed by atoms with Crippen LogP contribution in [-0.4, -0.2) is 42.5 Å². The molecule has 0 amide bonds. The van der Waals surface area contributed by atoms with E-state index in [1.165, 1.54) is 25.7 Å². The van der Waals surface area contributed by atoms with Gasteiger partial charge in [0.05, 0.1) is 12.1 Å². The Kier molecular flexibility index (Phi) is 12.7. The van der Waals surface area contributed by atoms with Crippen molar-refractivity contribution in [2.75, 3.05) is 25.6 Å². The van der Waals surface area contributed by atoms with E-state index in [0.29, 0.717) is 37.9 Å². The van der Waals surface area contributed by atoms with Gasteiger partial charge < -0.3 is 14.8 Å². The molecule has 0 saturated carbocycles. The van der Waals surface area contributed by atoms with Crippen LogP contribution < -0.4 is 5.32 Å². The molecule has 0 spiro atoms. The van der Waals surface area contributed by atoms with Crippen molar-refractivity contribution in [3.05, 3.63) is 29.8 Å². The molecule has 0 aliphatic rings. The Morgan fingerprint density at radius 3 is 2.42 bits per heavy atom. The molecule has 1 N–H and O–H groups in total. The zero-order valence-electron chi connectivity index (χ0n) is 25.2. The van der Waals surface area contributed by atoms with Crippen molar-refractivity contribution in [2.45, 2.75) is 112 Å². The smallest absolute Gasteiger partial charge is 0.306 e. The summed E-state index contributed by atoms with van der Waals surface area (Å²) in [6.07, 6.45) is 8.63. The minimum atomic E-state index is -0.574. The number of anilines is 1. The molecule has 0 atom stereocenters. The first-order chi connectivity index (χ1) is 18.0. The van der Waals surface area contributed by atoms with Crippen LogP contribution in [0.15, 0.2) is 29.3 Å². The lowest BCUT2D eigenvalue weighted by Gasteiger charge is -2.26. The SMILES string of the molecule is CCCC(C)(C)CCCCCC(=O)OC(C)(C)CCC(COCC)=Nc1c(NC)nc2ccccc2c1C. The van der Waals surface area contributed by atoms with Crippen LogP contribution in [-0.2, 0) is 14.3 Å². The van der Waals surface area contributed by atoms with Crippen molar-refractivity contribution in [1.82, 2.24) is 4.98 Å². The number of benzene rings is 1. The highest BCUT2D eigenvalue weighted by molar-refractivity contribution is 5.95. The van der Waals surface area contributed by atoms with Crippen molar-refractivity contribution in [3.8, 4) is 0 Å². The predicted molar refractivity (Wildman–Crippen MR) is 161 cm³/mol. The summed E-state index contributed by atoms with van der Waals surface area (Å²) in [5.74, 6) is 0.636. The Labute approximate surface area is 231 Å². The van der Waals surface area contributed by atoms with E-state index in [1.54, 1.807) is 0 Å². The molecule has 0 radical (unpaired) electrons. The summed E-state index contributed by atoms with van der Waals surface area (Å²) in [4.78, 5) is 22.4. The minimum Gasteiger partial charge on any atom is -0.460 e. The number of aliphatic imine (C=N–C) groups is 1. The van der Waals surface area contributed by atoms with Gasteiger partial charge in [0, 0.05) is 31.2 Å². The summed E-state index contributed by atoms with van der Waals surface area (Å²) < 4.78 is 11.6. The number of pyridine rings is 1. The Balaban J connectivity index is 2.00. The summed E-state index contributed by atoms with van der Waals surface area (Å²) in [7, 11) is 1.87. The number of esters is 1. The van der Waals surface area contributed by atoms with Gasteiger partial charge in [0.1, 0.15) is 11.3 Å². The first kappa shape index (κ1) is 31.7. The molecular formula is C32H51N3O3. The highest BCUT2D eigenvalue weighted by Crippen LogP contribution is 2.34. The third kappa shape index (κ3) is 10.4. The molecule has 2 rings (SSSR count). The highest BCUT2D eigenvalue weighted by atomic mass is 16.6. The number of unbranched alkanes of at least 4 members (excludes halogenated alkanes) is 2. The fourth-order valence-corrected chi connectivity index (χ4v) is 4.92. The third-order valence-electron chi connectivity index (χ3n) is 7.17. The van der Waals surface area contributed by atoms with E-state index in [0.717, 1.165) is 46.5 Å². The van der Waals surface area contributed by atoms with E-state index >= 15 is 0 Å². The molecule has 0 unspecified atom stereocenters. The topological polar surface area (TPSA) is 72.8 Å². The van der Waals surface area contributed by atoms with Crippen LogP contribution in [0, 0.1) is 12.3 Å². The lowest BCUT2D eigenvalue weighted by atomic mass is 9.83. The van der Waals surface area contributed by atoms with Gasteiger partial charge in [-0.25, -0.2) is 4.98 Å². The van der Waals surface area contributed by atoms with Crippen LogP contribution in [0.5, 0.6) is 0 Å². The van der Waals surface area contributed by atoms with Gasteiger partial charge >= 0.3 is 5.97 Å². The minimum absolute atomic E-state index is 0.113. The van der Waals surface area contributed by atoms with Crippen molar-refractivity contribution in [3.63, 3.8) is 0 Å². The molecule has 6 nitrogen and oxygen atoms in total. The normalized spacial score (nSPS) is 12.7. The van der Waals surface area contributed by atoms with E-state index in [-0.39, 0.29) is 5.97 Å². The van der Waals surface area contributed by atoms with Crippen LogP contribution in [0.4, 0.5) is 11.5 Å². The maximum atomic E-state index is 12.6. The van der Waals surface area contributed by atoms with E-state index in [1.807, 2.05) is 46.0 Å². The third-order valence-corrected chi connectivity index (χ3v) is 7.17. The number of rotatable bonds is 17. The standard InChI is InChI=1S/C32H51N3O3/c1-9-20-31(4,5)21-15-11-12-18-28(36)38-32(6,7)22-19-25(23-37-10-2)34-29-24(3)26-16-13-14-17-27(26)35-30(29)33-8/h13-14,16-17H,9-12,15,18-23H2,1-8H3,(H,33,35). The van der Waals surface area contributed by atoms with Crippen molar-refractivity contribution in [1.29, 1.82) is 0 Å². The molecule has 0 aliphatic heterocycles. The predicted octanol–water partition coefficient (Wildman–Crippen LogP) is 8.57.